The first-order chi connectivity index (χ1) is 10.6. The van der Waals surface area contributed by atoms with Gasteiger partial charge in [0, 0.05) is 16.2 Å². The summed E-state index contributed by atoms with van der Waals surface area (Å²) in [4.78, 5) is 3.00. The zero-order valence-corrected chi connectivity index (χ0v) is 12.0. The molecule has 0 aliphatic carbocycles. The fourth-order valence-corrected chi connectivity index (χ4v) is 2.63. The molecule has 108 valence electrons. The van der Waals surface area contributed by atoms with Gasteiger partial charge in [-0.3, -0.25) is 0 Å². The Bertz CT molecular complexity index is 1080. The number of thiocarbonyl (C=S) groups is 1. The highest BCUT2D eigenvalue weighted by Crippen LogP contribution is 2.41. The van der Waals surface area contributed by atoms with Crippen LogP contribution in [-0.2, 0) is 0 Å². The number of nitrogens with zero attached hydrogens (tertiary/aromatic N) is 2. The minimum absolute atomic E-state index is 0.0163. The van der Waals surface area contributed by atoms with Gasteiger partial charge in [0.2, 0.25) is 5.11 Å². The molecule has 0 radical (unpaired) electrons. The molecule has 2 aromatic carbocycles. The van der Waals surface area contributed by atoms with Crippen LogP contribution < -0.4 is 5.73 Å². The van der Waals surface area contributed by atoms with Gasteiger partial charge >= 0.3 is 0 Å². The van der Waals surface area contributed by atoms with Gasteiger partial charge in [-0.25, -0.2) is 0 Å². The van der Waals surface area contributed by atoms with E-state index < -0.39 is 0 Å². The first-order valence-electron chi connectivity index (χ1n) is 6.51. The smallest absolute Gasteiger partial charge is 0.211 e. The number of rotatable bonds is 1. The molecule has 0 aliphatic rings. The van der Waals surface area contributed by atoms with Gasteiger partial charge < -0.3 is 20.2 Å². The van der Waals surface area contributed by atoms with Crippen LogP contribution in [0.3, 0.4) is 0 Å². The van der Waals surface area contributed by atoms with E-state index in [1.807, 2.05) is 36.4 Å². The number of benzene rings is 2. The summed E-state index contributed by atoms with van der Waals surface area (Å²) in [7, 11) is 0. The second-order valence-electron chi connectivity index (χ2n) is 4.82. The molecule has 0 bridgehead atoms. The van der Waals surface area contributed by atoms with Crippen molar-refractivity contribution < 1.29 is 9.52 Å². The number of H-pyrrole nitrogens is 1. The molecular formula is C15H10N4O2S. The van der Waals surface area contributed by atoms with Crippen LogP contribution in [-0.4, -0.2) is 15.2 Å². The van der Waals surface area contributed by atoms with Crippen LogP contribution in [0.5, 0.6) is 5.75 Å². The summed E-state index contributed by atoms with van der Waals surface area (Å²) < 4.78 is 5.89. The number of para-hydroxylation sites is 1. The van der Waals surface area contributed by atoms with Crippen molar-refractivity contribution in [2.45, 2.75) is 0 Å². The van der Waals surface area contributed by atoms with Crippen LogP contribution in [0.2, 0.25) is 0 Å². The summed E-state index contributed by atoms with van der Waals surface area (Å²) in [5.41, 5.74) is 7.38. The number of nitrogens with one attached hydrogen (secondary N) is 1. The molecule has 4 N–H and O–H groups in total. The van der Waals surface area contributed by atoms with Crippen molar-refractivity contribution in [1.29, 1.82) is 0 Å². The molecule has 4 aromatic rings. The van der Waals surface area contributed by atoms with E-state index in [0.29, 0.717) is 16.5 Å². The van der Waals surface area contributed by atoms with Crippen molar-refractivity contribution >= 4 is 56.0 Å². The fraction of sp³-hybridized carbons (Fsp3) is 0. The molecule has 4 rings (SSSR count). The van der Waals surface area contributed by atoms with Gasteiger partial charge in [-0.15, -0.1) is 10.2 Å². The monoisotopic (exact) mass is 310 g/mol. The molecule has 2 heterocycles. The van der Waals surface area contributed by atoms with Crippen LogP contribution in [0.25, 0.3) is 32.8 Å². The molecule has 0 fully saturated rings. The van der Waals surface area contributed by atoms with E-state index in [-0.39, 0.29) is 16.7 Å². The third-order valence-electron chi connectivity index (χ3n) is 3.52. The predicted octanol–water partition coefficient (Wildman–Crippen LogP) is 4.10. The lowest BCUT2D eigenvalue weighted by atomic mass is 10.1. The van der Waals surface area contributed by atoms with Gasteiger partial charge in [0.1, 0.15) is 5.58 Å². The molecule has 7 heteroatoms. The number of hydrogen-bond acceptors (Lipinski definition) is 4. The number of furan rings is 1. The normalized spacial score (nSPS) is 12.0. The van der Waals surface area contributed by atoms with E-state index in [4.69, 9.17) is 10.2 Å². The molecule has 0 spiro atoms. The van der Waals surface area contributed by atoms with E-state index >= 15 is 0 Å². The Labute approximate surface area is 129 Å². The van der Waals surface area contributed by atoms with Crippen molar-refractivity contribution in [2.75, 3.05) is 0 Å². The lowest BCUT2D eigenvalue weighted by molar-refractivity contribution is 0.482. The Kier molecular flexibility index (Phi) is 2.64. The van der Waals surface area contributed by atoms with Gasteiger partial charge in [-0.1, -0.05) is 18.2 Å². The molecule has 22 heavy (non-hydrogen) atoms. The quantitative estimate of drug-likeness (QED) is 0.364. The van der Waals surface area contributed by atoms with Crippen molar-refractivity contribution in [3.63, 3.8) is 0 Å². The molecule has 2 aromatic heterocycles. The van der Waals surface area contributed by atoms with Crippen molar-refractivity contribution in [3.05, 3.63) is 36.4 Å². The number of azo groups is 1. The van der Waals surface area contributed by atoms with Crippen molar-refractivity contribution in [3.8, 4) is 5.75 Å². The number of nitrogens with two attached hydrogens (primary N) is 1. The van der Waals surface area contributed by atoms with E-state index in [1.54, 1.807) is 0 Å². The van der Waals surface area contributed by atoms with E-state index in [1.165, 1.54) is 0 Å². The second-order valence-corrected chi connectivity index (χ2v) is 5.24. The summed E-state index contributed by atoms with van der Waals surface area (Å²) in [6.45, 7) is 0. The van der Waals surface area contributed by atoms with Crippen molar-refractivity contribution in [2.24, 2.45) is 16.0 Å². The Morgan fingerprint density at radius 3 is 2.73 bits per heavy atom. The van der Waals surface area contributed by atoms with Gasteiger partial charge in [0.15, 0.2) is 17.2 Å². The topological polar surface area (TPSA) is 99.9 Å². The summed E-state index contributed by atoms with van der Waals surface area (Å²) in [5.74, 6) is 0.174. The van der Waals surface area contributed by atoms with E-state index in [2.05, 4.69) is 27.4 Å². The second kappa shape index (κ2) is 4.54. The number of fused-ring (bicyclic) bond motifs is 5. The minimum atomic E-state index is -0.105. The van der Waals surface area contributed by atoms with Crippen LogP contribution >= 0.6 is 12.2 Å². The average Bonchev–Trinajstić information content (AvgIpc) is 3.03. The van der Waals surface area contributed by atoms with E-state index in [9.17, 15) is 5.11 Å². The first kappa shape index (κ1) is 12.8. The Hall–Kier alpha value is -2.93. The Balaban J connectivity index is 2.07. The number of hydrogen-bond donors (Lipinski definition) is 3. The average molecular weight is 310 g/mol. The highest BCUT2D eigenvalue weighted by molar-refractivity contribution is 7.80. The maximum absolute atomic E-state index is 10.2. The molecule has 0 unspecified atom stereocenters. The molecule has 0 saturated carbocycles. The van der Waals surface area contributed by atoms with Gasteiger partial charge in [0.25, 0.3) is 0 Å². The van der Waals surface area contributed by atoms with Gasteiger partial charge in [-0.2, -0.15) is 0 Å². The summed E-state index contributed by atoms with van der Waals surface area (Å²) in [6, 6.07) is 11.5. The first-order valence-corrected chi connectivity index (χ1v) is 6.92. The van der Waals surface area contributed by atoms with E-state index in [0.717, 1.165) is 16.4 Å². The van der Waals surface area contributed by atoms with Gasteiger partial charge in [0.05, 0.1) is 5.52 Å². The summed E-state index contributed by atoms with van der Waals surface area (Å²) in [6.07, 6.45) is 0. The Morgan fingerprint density at radius 2 is 1.91 bits per heavy atom. The van der Waals surface area contributed by atoms with Crippen LogP contribution in [0.15, 0.2) is 51.0 Å². The SMILES string of the molecule is NC(=S)N=Nc1[nH]c2c(ccc3c4ccccc4oc32)c1O. The van der Waals surface area contributed by atoms with Crippen LogP contribution in [0, 0.1) is 0 Å². The highest BCUT2D eigenvalue weighted by atomic mass is 32.1. The number of aromatic hydroxyl groups is 1. The maximum atomic E-state index is 10.2. The maximum Gasteiger partial charge on any atom is 0.211 e. The standard InChI is InChI=1S/C15H10N4O2S/c16-15(22)19-18-14-12(20)9-6-5-8-7-3-1-2-4-10(7)21-13(8)11(9)17-14/h1-6,17,20H,(H2,16,22). The molecule has 6 nitrogen and oxygen atoms in total. The highest BCUT2D eigenvalue weighted by Gasteiger charge is 2.16. The number of aromatic nitrogens is 1. The predicted molar refractivity (Wildman–Crippen MR) is 88.5 cm³/mol. The van der Waals surface area contributed by atoms with Crippen molar-refractivity contribution in [1.82, 2.24) is 4.98 Å². The molecule has 0 atom stereocenters. The lowest BCUT2D eigenvalue weighted by Gasteiger charge is -1.92. The molecule has 0 saturated heterocycles. The zero-order chi connectivity index (χ0) is 15.3. The summed E-state index contributed by atoms with van der Waals surface area (Å²) in [5, 5.41) is 20.1. The number of aromatic amines is 1. The summed E-state index contributed by atoms with van der Waals surface area (Å²) >= 11 is 4.64. The lowest BCUT2D eigenvalue weighted by Crippen LogP contribution is -2.01. The zero-order valence-electron chi connectivity index (χ0n) is 11.2. The fourth-order valence-electron chi connectivity index (χ4n) is 2.59. The molecule has 0 amide bonds. The third kappa shape index (κ3) is 1.76. The largest absolute Gasteiger partial charge is 0.504 e. The third-order valence-corrected chi connectivity index (χ3v) is 3.60. The molecule has 0 aliphatic heterocycles. The molecular weight excluding hydrogens is 300 g/mol. The van der Waals surface area contributed by atoms with Gasteiger partial charge in [-0.05, 0) is 30.4 Å². The van der Waals surface area contributed by atoms with Crippen LogP contribution in [0.4, 0.5) is 5.82 Å². The Morgan fingerprint density at radius 1 is 1.14 bits per heavy atom. The van der Waals surface area contributed by atoms with Crippen LogP contribution in [0.1, 0.15) is 0 Å². The minimum Gasteiger partial charge on any atom is -0.504 e.